The Balaban J connectivity index is 2.38. The average Bonchev–Trinajstić information content (AvgIpc) is 2.86. The van der Waals surface area contributed by atoms with E-state index in [1.54, 1.807) is 24.4 Å². The van der Waals surface area contributed by atoms with Crippen molar-refractivity contribution in [3.63, 3.8) is 0 Å². The van der Waals surface area contributed by atoms with Crippen LogP contribution in [0.1, 0.15) is 18.2 Å². The summed E-state index contributed by atoms with van der Waals surface area (Å²) in [6.45, 7) is 4.75. The summed E-state index contributed by atoms with van der Waals surface area (Å²) in [6.07, 6.45) is 1.58. The van der Waals surface area contributed by atoms with Crippen molar-refractivity contribution in [2.24, 2.45) is 5.73 Å². The first-order valence-electron chi connectivity index (χ1n) is 6.55. The molecule has 0 fully saturated rings. The molecule has 21 heavy (non-hydrogen) atoms. The van der Waals surface area contributed by atoms with Gasteiger partial charge in [-0.2, -0.15) is 0 Å². The largest absolute Gasteiger partial charge is 0.349 e. The Bertz CT molecular complexity index is 732. The van der Waals surface area contributed by atoms with Crippen molar-refractivity contribution >= 4 is 27.3 Å². The highest BCUT2D eigenvalue weighted by Gasteiger charge is 2.19. The number of hydrogen-bond donors (Lipinski definition) is 2. The van der Waals surface area contributed by atoms with E-state index in [0.29, 0.717) is 17.3 Å². The number of aryl methyl sites for hydroxylation is 2. The molecule has 0 saturated heterocycles. The minimum absolute atomic E-state index is 0.183. The summed E-state index contributed by atoms with van der Waals surface area (Å²) in [5.74, 6) is 0. The van der Waals surface area contributed by atoms with E-state index in [9.17, 15) is 8.42 Å². The third-order valence-corrected chi connectivity index (χ3v) is 4.85. The van der Waals surface area contributed by atoms with E-state index in [2.05, 4.69) is 4.72 Å². The Hall–Kier alpha value is -1.50. The van der Waals surface area contributed by atoms with E-state index in [-0.39, 0.29) is 11.4 Å². The first-order valence-corrected chi connectivity index (χ1v) is 8.41. The SMILES string of the molecule is CCn1cc(S(=O)(=O)Nc2cc(C)ccc2Cl)cc1CN. The van der Waals surface area contributed by atoms with Crippen LogP contribution in [0.4, 0.5) is 5.69 Å². The lowest BCUT2D eigenvalue weighted by Gasteiger charge is -2.09. The lowest BCUT2D eigenvalue weighted by atomic mass is 10.2. The third-order valence-electron chi connectivity index (χ3n) is 3.19. The second kappa shape index (κ2) is 6.09. The van der Waals surface area contributed by atoms with Crippen LogP contribution in [0.5, 0.6) is 0 Å². The van der Waals surface area contributed by atoms with Gasteiger partial charge in [-0.25, -0.2) is 8.42 Å². The quantitative estimate of drug-likeness (QED) is 0.886. The molecule has 1 heterocycles. The molecular formula is C14H18ClN3O2S. The number of hydrogen-bond acceptors (Lipinski definition) is 3. The first-order chi connectivity index (χ1) is 9.87. The maximum Gasteiger partial charge on any atom is 0.263 e. The second-order valence-electron chi connectivity index (χ2n) is 4.75. The molecule has 0 unspecified atom stereocenters. The molecule has 1 aromatic heterocycles. The van der Waals surface area contributed by atoms with Gasteiger partial charge in [0, 0.05) is 25.0 Å². The number of benzene rings is 1. The molecule has 0 aliphatic rings. The lowest BCUT2D eigenvalue weighted by Crippen LogP contribution is -2.12. The average molecular weight is 328 g/mol. The van der Waals surface area contributed by atoms with E-state index < -0.39 is 10.0 Å². The molecule has 2 rings (SSSR count). The monoisotopic (exact) mass is 327 g/mol. The molecule has 7 heteroatoms. The number of anilines is 1. The molecule has 1 aromatic carbocycles. The van der Waals surface area contributed by atoms with Crippen molar-refractivity contribution in [1.82, 2.24) is 4.57 Å². The van der Waals surface area contributed by atoms with Crippen LogP contribution >= 0.6 is 11.6 Å². The molecule has 3 N–H and O–H groups in total. The van der Waals surface area contributed by atoms with Gasteiger partial charge >= 0.3 is 0 Å². The summed E-state index contributed by atoms with van der Waals surface area (Å²) in [4.78, 5) is 0.183. The van der Waals surface area contributed by atoms with Crippen LogP contribution in [0.15, 0.2) is 35.4 Å². The van der Waals surface area contributed by atoms with Crippen LogP contribution in [0.3, 0.4) is 0 Å². The van der Waals surface area contributed by atoms with E-state index in [4.69, 9.17) is 17.3 Å². The molecule has 0 aliphatic heterocycles. The minimum atomic E-state index is -3.69. The molecular weight excluding hydrogens is 310 g/mol. The lowest BCUT2D eigenvalue weighted by molar-refractivity contribution is 0.600. The Kier molecular flexibility index (Phi) is 4.61. The number of nitrogens with one attached hydrogen (secondary N) is 1. The van der Waals surface area contributed by atoms with Crippen molar-refractivity contribution in [3.8, 4) is 0 Å². The molecule has 2 aromatic rings. The normalized spacial score (nSPS) is 11.6. The molecule has 0 bridgehead atoms. The highest BCUT2D eigenvalue weighted by Crippen LogP contribution is 2.26. The van der Waals surface area contributed by atoms with Gasteiger partial charge in [0.1, 0.15) is 4.90 Å². The maximum absolute atomic E-state index is 12.4. The second-order valence-corrected chi connectivity index (χ2v) is 6.84. The fraction of sp³-hybridized carbons (Fsp3) is 0.286. The number of halogens is 1. The zero-order valence-corrected chi connectivity index (χ0v) is 13.5. The third kappa shape index (κ3) is 3.40. The predicted octanol–water partition coefficient (Wildman–Crippen LogP) is 2.73. The number of nitrogens with two attached hydrogens (primary N) is 1. The predicted molar refractivity (Wildman–Crippen MR) is 85.0 cm³/mol. The zero-order chi connectivity index (χ0) is 15.6. The van der Waals surface area contributed by atoms with Gasteiger partial charge in [-0.05, 0) is 37.6 Å². The van der Waals surface area contributed by atoms with Gasteiger partial charge in [-0.1, -0.05) is 17.7 Å². The summed E-state index contributed by atoms with van der Waals surface area (Å²) < 4.78 is 29.2. The zero-order valence-electron chi connectivity index (χ0n) is 11.9. The Morgan fingerprint density at radius 2 is 2.05 bits per heavy atom. The number of nitrogens with zero attached hydrogens (tertiary/aromatic N) is 1. The van der Waals surface area contributed by atoms with Gasteiger partial charge in [0.2, 0.25) is 0 Å². The number of aromatic nitrogens is 1. The molecule has 0 atom stereocenters. The van der Waals surface area contributed by atoms with E-state index in [1.807, 2.05) is 24.5 Å². The van der Waals surface area contributed by atoms with Gasteiger partial charge < -0.3 is 10.3 Å². The Morgan fingerprint density at radius 3 is 2.62 bits per heavy atom. The molecule has 0 saturated carbocycles. The summed E-state index contributed by atoms with van der Waals surface area (Å²) in [7, 11) is -3.69. The summed E-state index contributed by atoms with van der Waals surface area (Å²) >= 11 is 6.03. The van der Waals surface area contributed by atoms with Crippen LogP contribution in [0.2, 0.25) is 5.02 Å². The van der Waals surface area contributed by atoms with Crippen molar-refractivity contribution in [2.75, 3.05) is 4.72 Å². The van der Waals surface area contributed by atoms with Crippen LogP contribution in [0, 0.1) is 6.92 Å². The first kappa shape index (κ1) is 15.9. The smallest absolute Gasteiger partial charge is 0.263 e. The minimum Gasteiger partial charge on any atom is -0.349 e. The Labute approximate surface area is 129 Å². The molecule has 0 spiro atoms. The number of rotatable bonds is 5. The van der Waals surface area contributed by atoms with Crippen LogP contribution in [-0.4, -0.2) is 13.0 Å². The summed E-state index contributed by atoms with van der Waals surface area (Å²) in [5.41, 5.74) is 7.69. The van der Waals surface area contributed by atoms with Crippen molar-refractivity contribution < 1.29 is 8.42 Å². The standard InChI is InChI=1S/C14H18ClN3O2S/c1-3-18-9-12(7-11(18)8-16)21(19,20)17-14-6-10(2)4-5-13(14)15/h4-7,9,17H,3,8,16H2,1-2H3. The van der Waals surface area contributed by atoms with Crippen molar-refractivity contribution in [2.45, 2.75) is 31.8 Å². The molecule has 5 nitrogen and oxygen atoms in total. The van der Waals surface area contributed by atoms with Gasteiger partial charge in [0.15, 0.2) is 0 Å². The van der Waals surface area contributed by atoms with Gasteiger partial charge in [0.25, 0.3) is 10.0 Å². The molecule has 0 amide bonds. The van der Waals surface area contributed by atoms with Gasteiger partial charge in [-0.3, -0.25) is 4.72 Å². The van der Waals surface area contributed by atoms with E-state index in [0.717, 1.165) is 11.3 Å². The van der Waals surface area contributed by atoms with Gasteiger partial charge in [-0.15, -0.1) is 0 Å². The van der Waals surface area contributed by atoms with Crippen LogP contribution < -0.4 is 10.5 Å². The fourth-order valence-electron chi connectivity index (χ4n) is 2.06. The van der Waals surface area contributed by atoms with Crippen molar-refractivity contribution in [3.05, 3.63) is 46.7 Å². The highest BCUT2D eigenvalue weighted by molar-refractivity contribution is 7.92. The topological polar surface area (TPSA) is 77.1 Å². The molecule has 114 valence electrons. The Morgan fingerprint density at radius 1 is 1.33 bits per heavy atom. The highest BCUT2D eigenvalue weighted by atomic mass is 35.5. The molecule has 0 aliphatic carbocycles. The van der Waals surface area contributed by atoms with Crippen LogP contribution in [0.25, 0.3) is 0 Å². The van der Waals surface area contributed by atoms with Gasteiger partial charge in [0.05, 0.1) is 10.7 Å². The maximum atomic E-state index is 12.4. The fourth-order valence-corrected chi connectivity index (χ4v) is 3.41. The summed E-state index contributed by atoms with van der Waals surface area (Å²) in [6, 6.07) is 6.76. The van der Waals surface area contributed by atoms with E-state index >= 15 is 0 Å². The van der Waals surface area contributed by atoms with Crippen molar-refractivity contribution in [1.29, 1.82) is 0 Å². The molecule has 0 radical (unpaired) electrons. The summed E-state index contributed by atoms with van der Waals surface area (Å²) in [5, 5.41) is 0.359. The number of sulfonamides is 1. The van der Waals surface area contributed by atoms with E-state index in [1.165, 1.54) is 0 Å². The van der Waals surface area contributed by atoms with Crippen LogP contribution in [-0.2, 0) is 23.1 Å².